The number of methoxy groups -OCH3 is 1. The number of H-pyrrole nitrogens is 1. The van der Waals surface area contributed by atoms with Crippen molar-refractivity contribution < 1.29 is 24.2 Å². The number of hydrogen-bond acceptors (Lipinski definition) is 5. The number of carbonyl (C=O) groups is 2. The third-order valence-corrected chi connectivity index (χ3v) is 4.16. The van der Waals surface area contributed by atoms with Crippen LogP contribution < -0.4 is 4.90 Å². The van der Waals surface area contributed by atoms with Gasteiger partial charge in [0.15, 0.2) is 0 Å². The van der Waals surface area contributed by atoms with Crippen LogP contribution in [-0.2, 0) is 9.47 Å². The first kappa shape index (κ1) is 17.3. The molecule has 0 radical (unpaired) electrons. The third kappa shape index (κ3) is 3.07. The topological polar surface area (TPSA) is 91.9 Å². The molecule has 0 bridgehead atoms. The van der Waals surface area contributed by atoms with E-state index < -0.39 is 17.7 Å². The molecule has 0 saturated heterocycles. The second kappa shape index (κ2) is 6.07. The number of nitrogens with zero attached hydrogens (tertiary/aromatic N) is 1. The second-order valence-electron chi connectivity index (χ2n) is 7.10. The van der Waals surface area contributed by atoms with Crippen LogP contribution >= 0.6 is 0 Å². The van der Waals surface area contributed by atoms with Crippen molar-refractivity contribution in [1.29, 1.82) is 0 Å². The van der Waals surface area contributed by atoms with Gasteiger partial charge in [0.25, 0.3) is 0 Å². The summed E-state index contributed by atoms with van der Waals surface area (Å²) in [6, 6.07) is 5.30. The highest BCUT2D eigenvalue weighted by molar-refractivity contribution is 6.01. The van der Waals surface area contributed by atoms with E-state index >= 15 is 0 Å². The van der Waals surface area contributed by atoms with Crippen LogP contribution in [0.15, 0.2) is 18.2 Å². The molecule has 0 spiro atoms. The van der Waals surface area contributed by atoms with Crippen molar-refractivity contribution >= 4 is 28.7 Å². The molecular weight excluding hydrogens is 324 g/mol. The molecule has 134 valence electrons. The Labute approximate surface area is 145 Å². The quantitative estimate of drug-likeness (QED) is 0.816. The highest BCUT2D eigenvalue weighted by Gasteiger charge is 2.36. The average molecular weight is 346 g/mol. The highest BCUT2D eigenvalue weighted by atomic mass is 16.6. The standard InChI is InChI=1S/C18H22N2O5/c1-18(2,3)25-17(23)20-8-10(9-21)15-11-7-13(16(22)24-4)19-12(11)5-6-14(15)20/h5-7,10,19,21H,8-9H2,1-4H3. The lowest BCUT2D eigenvalue weighted by molar-refractivity contribution is 0.0576. The maximum absolute atomic E-state index is 12.5. The largest absolute Gasteiger partial charge is 0.464 e. The second-order valence-corrected chi connectivity index (χ2v) is 7.10. The van der Waals surface area contributed by atoms with E-state index in [9.17, 15) is 14.7 Å². The zero-order valence-corrected chi connectivity index (χ0v) is 14.8. The molecule has 2 aromatic rings. The summed E-state index contributed by atoms with van der Waals surface area (Å²) < 4.78 is 10.2. The Hall–Kier alpha value is -2.54. The number of aliphatic hydroxyl groups is 1. The van der Waals surface area contributed by atoms with E-state index in [-0.39, 0.29) is 12.5 Å². The van der Waals surface area contributed by atoms with Crippen LogP contribution in [0.25, 0.3) is 10.9 Å². The molecule has 1 atom stereocenters. The minimum absolute atomic E-state index is 0.107. The number of carbonyl (C=O) groups excluding carboxylic acids is 2. The SMILES string of the molecule is COC(=O)c1cc2c3c(ccc2[nH]1)N(C(=O)OC(C)(C)C)CC3CO. The molecule has 1 aromatic heterocycles. The maximum Gasteiger partial charge on any atom is 0.414 e. The van der Waals surface area contributed by atoms with E-state index in [0.29, 0.717) is 17.9 Å². The molecule has 2 N–H and O–H groups in total. The fraction of sp³-hybridized carbons (Fsp3) is 0.444. The van der Waals surface area contributed by atoms with E-state index in [4.69, 9.17) is 9.47 Å². The first-order valence-corrected chi connectivity index (χ1v) is 8.10. The molecule has 2 heterocycles. The molecule has 3 rings (SSSR count). The van der Waals surface area contributed by atoms with Gasteiger partial charge in [-0.2, -0.15) is 0 Å². The molecule has 0 fully saturated rings. The van der Waals surface area contributed by atoms with Gasteiger partial charge in [-0.25, -0.2) is 9.59 Å². The van der Waals surface area contributed by atoms with E-state index in [1.165, 1.54) is 12.0 Å². The van der Waals surface area contributed by atoms with Gasteiger partial charge in [-0.3, -0.25) is 4.90 Å². The lowest BCUT2D eigenvalue weighted by atomic mass is 9.98. The average Bonchev–Trinajstić information content (AvgIpc) is 3.12. The molecule has 1 aliphatic rings. The van der Waals surface area contributed by atoms with Gasteiger partial charge in [-0.15, -0.1) is 0 Å². The van der Waals surface area contributed by atoms with E-state index in [0.717, 1.165) is 16.5 Å². The molecule has 1 aromatic carbocycles. The van der Waals surface area contributed by atoms with Crippen LogP contribution in [0.1, 0.15) is 42.7 Å². The van der Waals surface area contributed by atoms with Gasteiger partial charge >= 0.3 is 12.1 Å². The van der Waals surface area contributed by atoms with Gasteiger partial charge in [0.05, 0.1) is 19.4 Å². The van der Waals surface area contributed by atoms with Crippen molar-refractivity contribution in [3.05, 3.63) is 29.5 Å². The Morgan fingerprint density at radius 3 is 2.68 bits per heavy atom. The Kier molecular flexibility index (Phi) is 4.20. The van der Waals surface area contributed by atoms with Gasteiger partial charge in [-0.05, 0) is 44.5 Å². The number of amides is 1. The number of rotatable bonds is 2. The van der Waals surface area contributed by atoms with Crippen LogP contribution in [0.2, 0.25) is 0 Å². The minimum Gasteiger partial charge on any atom is -0.464 e. The van der Waals surface area contributed by atoms with Crippen molar-refractivity contribution in [2.75, 3.05) is 25.2 Å². The monoisotopic (exact) mass is 346 g/mol. The Balaban J connectivity index is 2.07. The number of hydrogen-bond donors (Lipinski definition) is 2. The number of fused-ring (bicyclic) bond motifs is 3. The third-order valence-electron chi connectivity index (χ3n) is 4.16. The van der Waals surface area contributed by atoms with Crippen LogP contribution in [0, 0.1) is 0 Å². The molecule has 7 heteroatoms. The molecule has 0 aliphatic carbocycles. The van der Waals surface area contributed by atoms with E-state index in [2.05, 4.69) is 4.98 Å². The molecule has 1 unspecified atom stereocenters. The first-order chi connectivity index (χ1) is 11.7. The number of esters is 1. The van der Waals surface area contributed by atoms with Crippen LogP contribution in [0.5, 0.6) is 0 Å². The predicted octanol–water partition coefficient (Wildman–Crippen LogP) is 2.79. The lowest BCUT2D eigenvalue weighted by Gasteiger charge is -2.25. The summed E-state index contributed by atoms with van der Waals surface area (Å²) in [5, 5.41) is 10.6. The molecule has 7 nitrogen and oxygen atoms in total. The predicted molar refractivity (Wildman–Crippen MR) is 93.0 cm³/mol. The number of aromatic amines is 1. The van der Waals surface area contributed by atoms with Crippen LogP contribution in [0.4, 0.5) is 10.5 Å². The molecule has 25 heavy (non-hydrogen) atoms. The van der Waals surface area contributed by atoms with Crippen molar-refractivity contribution in [2.45, 2.75) is 32.3 Å². The fourth-order valence-electron chi connectivity index (χ4n) is 3.15. The van der Waals surface area contributed by atoms with Crippen molar-refractivity contribution in [3.63, 3.8) is 0 Å². The van der Waals surface area contributed by atoms with Crippen LogP contribution in [0.3, 0.4) is 0 Å². The summed E-state index contributed by atoms with van der Waals surface area (Å²) >= 11 is 0. The number of aliphatic hydroxyl groups excluding tert-OH is 1. The maximum atomic E-state index is 12.5. The van der Waals surface area contributed by atoms with Gasteiger partial charge < -0.3 is 19.6 Å². The Morgan fingerprint density at radius 2 is 2.08 bits per heavy atom. The van der Waals surface area contributed by atoms with Crippen molar-refractivity contribution in [1.82, 2.24) is 4.98 Å². The van der Waals surface area contributed by atoms with Gasteiger partial charge in [0, 0.05) is 23.4 Å². The summed E-state index contributed by atoms with van der Waals surface area (Å²) in [5.74, 6) is -0.708. The number of anilines is 1. The van der Waals surface area contributed by atoms with Gasteiger partial charge in [0.2, 0.25) is 0 Å². The fourth-order valence-corrected chi connectivity index (χ4v) is 3.15. The number of aromatic nitrogens is 1. The number of benzene rings is 1. The number of ether oxygens (including phenoxy) is 2. The van der Waals surface area contributed by atoms with E-state index in [1.807, 2.05) is 20.8 Å². The van der Waals surface area contributed by atoms with Gasteiger partial charge in [-0.1, -0.05) is 0 Å². The zero-order valence-electron chi connectivity index (χ0n) is 14.8. The molecular formula is C18H22N2O5. The zero-order chi connectivity index (χ0) is 18.4. The summed E-state index contributed by atoms with van der Waals surface area (Å²) in [4.78, 5) is 28.8. The first-order valence-electron chi connectivity index (χ1n) is 8.10. The summed E-state index contributed by atoms with van der Waals surface area (Å²) in [7, 11) is 1.32. The van der Waals surface area contributed by atoms with Crippen molar-refractivity contribution in [2.24, 2.45) is 0 Å². The van der Waals surface area contributed by atoms with Crippen molar-refractivity contribution in [3.8, 4) is 0 Å². The number of nitrogens with one attached hydrogen (secondary N) is 1. The Bertz CT molecular complexity index is 834. The summed E-state index contributed by atoms with van der Waals surface area (Å²) in [5.41, 5.74) is 2.00. The summed E-state index contributed by atoms with van der Waals surface area (Å²) in [6.07, 6.45) is -0.451. The lowest BCUT2D eigenvalue weighted by Crippen LogP contribution is -2.36. The highest BCUT2D eigenvalue weighted by Crippen LogP contribution is 2.41. The van der Waals surface area contributed by atoms with Gasteiger partial charge in [0.1, 0.15) is 11.3 Å². The Morgan fingerprint density at radius 1 is 1.36 bits per heavy atom. The molecule has 1 aliphatic heterocycles. The summed E-state index contributed by atoms with van der Waals surface area (Å²) in [6.45, 7) is 5.65. The molecule has 0 saturated carbocycles. The smallest absolute Gasteiger partial charge is 0.414 e. The normalized spacial score (nSPS) is 16.8. The van der Waals surface area contributed by atoms with E-state index in [1.54, 1.807) is 18.2 Å². The minimum atomic E-state index is -0.606. The van der Waals surface area contributed by atoms with Crippen LogP contribution in [-0.4, -0.2) is 48.0 Å². The molecule has 1 amide bonds.